The molecule has 4 heteroatoms. The number of benzene rings is 1. The van der Waals surface area contributed by atoms with Crippen LogP contribution in [0.25, 0.3) is 0 Å². The molecular weight excluding hydrogens is 266 g/mol. The number of morpholine rings is 1. The third-order valence-electron chi connectivity index (χ3n) is 4.25. The maximum absolute atomic E-state index is 6.07. The Hall–Kier alpha value is -0.940. The van der Waals surface area contributed by atoms with Crippen molar-refractivity contribution < 1.29 is 14.2 Å². The van der Waals surface area contributed by atoms with Crippen molar-refractivity contribution >= 4 is 0 Å². The Labute approximate surface area is 128 Å². The molecule has 1 aromatic carbocycles. The third-order valence-corrected chi connectivity index (χ3v) is 4.25. The molecule has 1 aliphatic rings. The van der Waals surface area contributed by atoms with Gasteiger partial charge in [-0.1, -0.05) is 23.8 Å². The highest BCUT2D eigenvalue weighted by atomic mass is 16.7. The second-order valence-electron chi connectivity index (χ2n) is 5.89. The minimum absolute atomic E-state index is 0.121. The molecule has 0 saturated carbocycles. The van der Waals surface area contributed by atoms with Gasteiger partial charge in [0.15, 0.2) is 6.29 Å². The Morgan fingerprint density at radius 3 is 2.67 bits per heavy atom. The van der Waals surface area contributed by atoms with Crippen molar-refractivity contribution in [3.63, 3.8) is 0 Å². The first kappa shape index (κ1) is 16.4. The van der Waals surface area contributed by atoms with E-state index in [4.69, 9.17) is 14.2 Å². The lowest BCUT2D eigenvalue weighted by atomic mass is 9.99. The summed E-state index contributed by atoms with van der Waals surface area (Å²) in [5.74, 6) is 0. The molecule has 1 heterocycles. The van der Waals surface area contributed by atoms with Crippen LogP contribution in [0.1, 0.15) is 29.7 Å². The highest BCUT2D eigenvalue weighted by Gasteiger charge is 2.29. The minimum Gasteiger partial charge on any atom is -0.371 e. The number of nitrogens with zero attached hydrogens (tertiary/aromatic N) is 1. The Kier molecular flexibility index (Phi) is 5.76. The largest absolute Gasteiger partial charge is 0.371 e. The van der Waals surface area contributed by atoms with Crippen LogP contribution in [0.4, 0.5) is 0 Å². The highest BCUT2D eigenvalue weighted by molar-refractivity contribution is 5.32. The Morgan fingerprint density at radius 1 is 1.29 bits per heavy atom. The van der Waals surface area contributed by atoms with E-state index in [9.17, 15) is 0 Å². The topological polar surface area (TPSA) is 30.9 Å². The van der Waals surface area contributed by atoms with Crippen molar-refractivity contribution in [2.75, 3.05) is 33.9 Å². The van der Waals surface area contributed by atoms with Crippen LogP contribution < -0.4 is 0 Å². The van der Waals surface area contributed by atoms with Crippen molar-refractivity contribution in [1.82, 2.24) is 4.90 Å². The lowest BCUT2D eigenvalue weighted by Gasteiger charge is -2.39. The van der Waals surface area contributed by atoms with Crippen LogP contribution in [-0.2, 0) is 14.2 Å². The summed E-state index contributed by atoms with van der Waals surface area (Å²) in [6.07, 6.45) is -0.0692. The zero-order valence-electron chi connectivity index (χ0n) is 13.8. The molecule has 1 aromatic rings. The fraction of sp³-hybridized carbons (Fsp3) is 0.647. The van der Waals surface area contributed by atoms with Crippen LogP contribution in [0.2, 0.25) is 0 Å². The first-order chi connectivity index (χ1) is 10.0. The molecule has 0 N–H and O–H groups in total. The number of ether oxygens (including phenoxy) is 3. The van der Waals surface area contributed by atoms with Gasteiger partial charge in [0.2, 0.25) is 0 Å². The van der Waals surface area contributed by atoms with Crippen molar-refractivity contribution in [2.45, 2.75) is 39.2 Å². The minimum atomic E-state index is -0.190. The van der Waals surface area contributed by atoms with E-state index in [1.54, 1.807) is 14.2 Å². The summed E-state index contributed by atoms with van der Waals surface area (Å²) in [6, 6.07) is 6.93. The van der Waals surface area contributed by atoms with Crippen LogP contribution in [0.3, 0.4) is 0 Å². The molecule has 2 rings (SSSR count). The molecule has 21 heavy (non-hydrogen) atoms. The third kappa shape index (κ3) is 4.04. The Morgan fingerprint density at radius 2 is 2.00 bits per heavy atom. The maximum atomic E-state index is 6.07. The molecule has 0 radical (unpaired) electrons. The van der Waals surface area contributed by atoms with Gasteiger partial charge in [0.1, 0.15) is 0 Å². The molecule has 1 fully saturated rings. The molecule has 0 aliphatic carbocycles. The molecule has 0 spiro atoms. The second-order valence-corrected chi connectivity index (χ2v) is 5.89. The smallest absolute Gasteiger partial charge is 0.169 e. The van der Waals surface area contributed by atoms with E-state index in [0.29, 0.717) is 6.04 Å². The van der Waals surface area contributed by atoms with Gasteiger partial charge >= 0.3 is 0 Å². The molecule has 2 unspecified atom stereocenters. The highest BCUT2D eigenvalue weighted by Crippen LogP contribution is 2.28. The number of hydrogen-bond acceptors (Lipinski definition) is 4. The van der Waals surface area contributed by atoms with Crippen molar-refractivity contribution in [1.29, 1.82) is 0 Å². The molecule has 0 bridgehead atoms. The lowest BCUT2D eigenvalue weighted by Crippen LogP contribution is -2.48. The predicted molar refractivity (Wildman–Crippen MR) is 83.5 cm³/mol. The summed E-state index contributed by atoms with van der Waals surface area (Å²) in [7, 11) is 3.36. The fourth-order valence-corrected chi connectivity index (χ4v) is 2.79. The normalized spacial score (nSPS) is 23.7. The van der Waals surface area contributed by atoms with Crippen LogP contribution in [0, 0.1) is 13.8 Å². The zero-order chi connectivity index (χ0) is 15.4. The summed E-state index contributed by atoms with van der Waals surface area (Å²) in [5.41, 5.74) is 3.85. The van der Waals surface area contributed by atoms with Crippen LogP contribution >= 0.6 is 0 Å². The van der Waals surface area contributed by atoms with Gasteiger partial charge in [-0.25, -0.2) is 0 Å². The summed E-state index contributed by atoms with van der Waals surface area (Å²) in [6.45, 7) is 8.82. The van der Waals surface area contributed by atoms with E-state index >= 15 is 0 Å². The molecule has 0 aromatic heterocycles. The number of rotatable bonds is 5. The number of aryl methyl sites for hydroxylation is 2. The van der Waals surface area contributed by atoms with Gasteiger partial charge in [-0.3, -0.25) is 4.90 Å². The van der Waals surface area contributed by atoms with Crippen molar-refractivity contribution in [3.05, 3.63) is 34.9 Å². The van der Waals surface area contributed by atoms with Gasteiger partial charge in [0.25, 0.3) is 0 Å². The van der Waals surface area contributed by atoms with Gasteiger partial charge < -0.3 is 14.2 Å². The average Bonchev–Trinajstić information content (AvgIpc) is 2.49. The zero-order valence-corrected chi connectivity index (χ0v) is 13.8. The number of hydrogen-bond donors (Lipinski definition) is 0. The van der Waals surface area contributed by atoms with E-state index in [1.165, 1.54) is 16.7 Å². The van der Waals surface area contributed by atoms with Crippen LogP contribution in [0.15, 0.2) is 18.2 Å². The molecule has 1 saturated heterocycles. The summed E-state index contributed by atoms with van der Waals surface area (Å²) >= 11 is 0. The van der Waals surface area contributed by atoms with E-state index < -0.39 is 0 Å². The van der Waals surface area contributed by atoms with Gasteiger partial charge in [-0.2, -0.15) is 0 Å². The lowest BCUT2D eigenvalue weighted by molar-refractivity contribution is -0.142. The van der Waals surface area contributed by atoms with Crippen molar-refractivity contribution in [2.24, 2.45) is 0 Å². The van der Waals surface area contributed by atoms with E-state index in [-0.39, 0.29) is 12.4 Å². The van der Waals surface area contributed by atoms with Crippen molar-refractivity contribution in [3.8, 4) is 0 Å². The van der Waals surface area contributed by atoms with Gasteiger partial charge in [0.05, 0.1) is 12.7 Å². The van der Waals surface area contributed by atoms with Gasteiger partial charge in [-0.05, 0) is 31.9 Å². The monoisotopic (exact) mass is 293 g/mol. The molecule has 1 aliphatic heterocycles. The quantitative estimate of drug-likeness (QED) is 0.781. The average molecular weight is 293 g/mol. The summed E-state index contributed by atoms with van der Waals surface area (Å²) in [5, 5.41) is 0. The van der Waals surface area contributed by atoms with Crippen LogP contribution in [-0.4, -0.2) is 51.1 Å². The maximum Gasteiger partial charge on any atom is 0.169 e. The predicted octanol–water partition coefficient (Wildman–Crippen LogP) is 2.68. The second kappa shape index (κ2) is 7.36. The molecule has 2 atom stereocenters. The fourth-order valence-electron chi connectivity index (χ4n) is 2.79. The van der Waals surface area contributed by atoms with E-state index in [1.807, 2.05) is 0 Å². The van der Waals surface area contributed by atoms with Gasteiger partial charge in [0, 0.05) is 33.4 Å². The SMILES string of the molecule is COC(CN1CC(c2cc(C)ccc2C)OCC1C)OC. The van der Waals surface area contributed by atoms with E-state index in [2.05, 4.69) is 43.9 Å². The Bertz CT molecular complexity index is 459. The van der Waals surface area contributed by atoms with Gasteiger partial charge in [-0.15, -0.1) is 0 Å². The molecular formula is C17H27NO3. The summed E-state index contributed by atoms with van der Waals surface area (Å²) < 4.78 is 16.7. The standard InChI is InChI=1S/C17H27NO3/c1-12-6-7-13(2)15(8-12)16-9-18(14(3)11-21-16)10-17(19-4)20-5/h6-8,14,16-17H,9-11H2,1-5H3. The Balaban J connectivity index is 2.11. The molecule has 0 amide bonds. The molecule has 118 valence electrons. The summed E-state index contributed by atoms with van der Waals surface area (Å²) in [4.78, 5) is 2.38. The number of methoxy groups -OCH3 is 2. The first-order valence-corrected chi connectivity index (χ1v) is 7.53. The first-order valence-electron chi connectivity index (χ1n) is 7.53. The molecule has 4 nitrogen and oxygen atoms in total. The van der Waals surface area contributed by atoms with E-state index in [0.717, 1.165) is 19.7 Å². The van der Waals surface area contributed by atoms with Crippen LogP contribution in [0.5, 0.6) is 0 Å².